The van der Waals surface area contributed by atoms with Gasteiger partial charge in [-0.15, -0.1) is 0 Å². The van der Waals surface area contributed by atoms with Gasteiger partial charge in [-0.05, 0) is 24.5 Å². The fourth-order valence-electron chi connectivity index (χ4n) is 2.12. The molecule has 0 N–H and O–H groups in total. The first kappa shape index (κ1) is 8.49. The lowest BCUT2D eigenvalue weighted by Gasteiger charge is -2.12. The second-order valence-corrected chi connectivity index (χ2v) is 4.18. The highest BCUT2D eigenvalue weighted by Crippen LogP contribution is 2.53. The van der Waals surface area contributed by atoms with E-state index in [4.69, 9.17) is 0 Å². The van der Waals surface area contributed by atoms with Gasteiger partial charge >= 0.3 is 0 Å². The summed E-state index contributed by atoms with van der Waals surface area (Å²) in [6.45, 7) is 4.29. The Bertz CT molecular complexity index is 343. The van der Waals surface area contributed by atoms with Crippen molar-refractivity contribution in [2.24, 2.45) is 5.92 Å². The van der Waals surface area contributed by atoms with Gasteiger partial charge < -0.3 is 4.79 Å². The van der Waals surface area contributed by atoms with Crippen LogP contribution >= 0.6 is 0 Å². The third kappa shape index (κ3) is 1.19. The second-order valence-electron chi connectivity index (χ2n) is 4.18. The van der Waals surface area contributed by atoms with Crippen molar-refractivity contribution in [3.8, 4) is 0 Å². The van der Waals surface area contributed by atoms with Crippen molar-refractivity contribution in [1.82, 2.24) is 0 Å². The first-order chi connectivity index (χ1) is 6.18. The summed E-state index contributed by atoms with van der Waals surface area (Å²) < 4.78 is 0. The van der Waals surface area contributed by atoms with E-state index in [1.165, 1.54) is 11.1 Å². The number of aldehydes is 1. The van der Waals surface area contributed by atoms with Gasteiger partial charge in [0, 0.05) is 11.3 Å². The fourth-order valence-corrected chi connectivity index (χ4v) is 2.12. The number of benzene rings is 1. The van der Waals surface area contributed by atoms with Gasteiger partial charge in [0.1, 0.15) is 6.29 Å². The maximum absolute atomic E-state index is 10.7. The van der Waals surface area contributed by atoms with Crippen molar-refractivity contribution in [1.29, 1.82) is 0 Å². The van der Waals surface area contributed by atoms with Crippen LogP contribution in [0.1, 0.15) is 24.5 Å². The number of hydrogen-bond donors (Lipinski definition) is 0. The van der Waals surface area contributed by atoms with Gasteiger partial charge in [-0.1, -0.05) is 31.2 Å². The zero-order chi connectivity index (χ0) is 9.47. The summed E-state index contributed by atoms with van der Waals surface area (Å²) in [6, 6.07) is 8.34. The maximum Gasteiger partial charge on any atom is 0.123 e. The van der Waals surface area contributed by atoms with Crippen LogP contribution < -0.4 is 0 Å². The molecule has 13 heavy (non-hydrogen) atoms. The first-order valence-corrected chi connectivity index (χ1v) is 4.70. The van der Waals surface area contributed by atoms with E-state index in [0.717, 1.165) is 12.7 Å². The highest BCUT2D eigenvalue weighted by atomic mass is 16.1. The minimum absolute atomic E-state index is 0.132. The zero-order valence-electron chi connectivity index (χ0n) is 8.08. The number of hydrogen-bond acceptors (Lipinski definition) is 1. The van der Waals surface area contributed by atoms with Gasteiger partial charge in [-0.25, -0.2) is 0 Å². The van der Waals surface area contributed by atoms with E-state index in [1.54, 1.807) is 0 Å². The molecule has 0 aliphatic heterocycles. The molecule has 68 valence electrons. The normalized spacial score (nSPS) is 31.4. The molecular weight excluding hydrogens is 160 g/mol. The highest BCUT2D eigenvalue weighted by molar-refractivity contribution is 5.64. The van der Waals surface area contributed by atoms with E-state index in [-0.39, 0.29) is 11.3 Å². The van der Waals surface area contributed by atoms with Crippen molar-refractivity contribution in [3.05, 3.63) is 35.4 Å². The van der Waals surface area contributed by atoms with E-state index in [9.17, 15) is 4.79 Å². The third-order valence-electron chi connectivity index (χ3n) is 3.23. The molecule has 1 nitrogen and oxygen atoms in total. The van der Waals surface area contributed by atoms with Crippen molar-refractivity contribution < 1.29 is 4.79 Å². The van der Waals surface area contributed by atoms with Gasteiger partial charge in [0.15, 0.2) is 0 Å². The molecule has 2 unspecified atom stereocenters. The average molecular weight is 174 g/mol. The fraction of sp³-hybridized carbons (Fsp3) is 0.417. The monoisotopic (exact) mass is 174 g/mol. The van der Waals surface area contributed by atoms with Crippen LogP contribution in [-0.2, 0) is 10.2 Å². The molecule has 1 heteroatoms. The number of carbonyl (C=O) groups is 1. The molecule has 1 saturated carbocycles. The summed E-state index contributed by atoms with van der Waals surface area (Å²) in [5.74, 6) is 0.244. The van der Waals surface area contributed by atoms with Crippen LogP contribution in [0, 0.1) is 12.8 Å². The summed E-state index contributed by atoms with van der Waals surface area (Å²) in [6.07, 6.45) is 2.10. The molecule has 1 aliphatic rings. The molecule has 1 aromatic carbocycles. The van der Waals surface area contributed by atoms with Crippen LogP contribution in [0.4, 0.5) is 0 Å². The van der Waals surface area contributed by atoms with E-state index in [2.05, 4.69) is 26.0 Å². The molecule has 1 fully saturated rings. The van der Waals surface area contributed by atoms with E-state index in [0.29, 0.717) is 0 Å². The van der Waals surface area contributed by atoms with Crippen LogP contribution in [0.15, 0.2) is 24.3 Å². The summed E-state index contributed by atoms with van der Waals surface area (Å²) >= 11 is 0. The quantitative estimate of drug-likeness (QED) is 0.629. The summed E-state index contributed by atoms with van der Waals surface area (Å²) in [4.78, 5) is 10.7. The van der Waals surface area contributed by atoms with Gasteiger partial charge in [0.05, 0.1) is 0 Å². The molecular formula is C12H14O. The smallest absolute Gasteiger partial charge is 0.123 e. The van der Waals surface area contributed by atoms with Crippen LogP contribution in [-0.4, -0.2) is 6.29 Å². The summed E-state index contributed by atoms with van der Waals surface area (Å²) in [5.41, 5.74) is 2.77. The molecule has 0 saturated heterocycles. The Hall–Kier alpha value is -1.11. The lowest BCUT2D eigenvalue weighted by molar-refractivity contribution is -0.109. The van der Waals surface area contributed by atoms with Gasteiger partial charge in [0.25, 0.3) is 0 Å². The number of rotatable bonds is 2. The van der Waals surface area contributed by atoms with Crippen molar-refractivity contribution in [2.75, 3.05) is 0 Å². The highest BCUT2D eigenvalue weighted by Gasteiger charge is 2.51. The lowest BCUT2D eigenvalue weighted by Crippen LogP contribution is -2.06. The molecule has 1 aliphatic carbocycles. The number of carbonyl (C=O) groups excluding carboxylic acids is 1. The zero-order valence-corrected chi connectivity index (χ0v) is 8.08. The van der Waals surface area contributed by atoms with Crippen LogP contribution in [0.5, 0.6) is 0 Å². The van der Waals surface area contributed by atoms with Gasteiger partial charge in [0.2, 0.25) is 0 Å². The minimum atomic E-state index is 0.132. The minimum Gasteiger partial charge on any atom is -0.303 e. The molecule has 0 bridgehead atoms. The van der Waals surface area contributed by atoms with Crippen molar-refractivity contribution >= 4 is 6.29 Å². The molecule has 0 radical (unpaired) electrons. The van der Waals surface area contributed by atoms with Crippen molar-refractivity contribution in [2.45, 2.75) is 25.7 Å². The van der Waals surface area contributed by atoms with Crippen molar-refractivity contribution in [3.63, 3.8) is 0 Å². The van der Waals surface area contributed by atoms with Crippen LogP contribution in [0.3, 0.4) is 0 Å². The number of aryl methyl sites for hydroxylation is 1. The Morgan fingerprint density at radius 3 is 2.69 bits per heavy atom. The molecule has 2 atom stereocenters. The predicted octanol–water partition coefficient (Wildman–Crippen LogP) is 2.47. The Morgan fingerprint density at radius 1 is 1.46 bits per heavy atom. The molecule has 0 spiro atoms. The Balaban J connectivity index is 2.37. The molecule has 0 amide bonds. The molecule has 0 heterocycles. The Kier molecular flexibility index (Phi) is 1.76. The SMILES string of the molecule is Cc1ccccc1C1(C)CC1C=O. The Morgan fingerprint density at radius 2 is 2.15 bits per heavy atom. The summed E-state index contributed by atoms with van der Waals surface area (Å²) in [7, 11) is 0. The first-order valence-electron chi connectivity index (χ1n) is 4.70. The van der Waals surface area contributed by atoms with Gasteiger partial charge in [-0.3, -0.25) is 0 Å². The van der Waals surface area contributed by atoms with E-state index >= 15 is 0 Å². The molecule has 1 aromatic rings. The van der Waals surface area contributed by atoms with Crippen LogP contribution in [0.2, 0.25) is 0 Å². The maximum atomic E-state index is 10.7. The van der Waals surface area contributed by atoms with Crippen LogP contribution in [0.25, 0.3) is 0 Å². The predicted molar refractivity (Wildman–Crippen MR) is 52.7 cm³/mol. The van der Waals surface area contributed by atoms with E-state index in [1.807, 2.05) is 12.1 Å². The van der Waals surface area contributed by atoms with E-state index < -0.39 is 0 Å². The topological polar surface area (TPSA) is 17.1 Å². The third-order valence-corrected chi connectivity index (χ3v) is 3.23. The average Bonchev–Trinajstić information content (AvgIpc) is 2.79. The standard InChI is InChI=1S/C12H14O/c1-9-5-3-4-6-11(9)12(2)7-10(12)8-13/h3-6,8,10H,7H2,1-2H3. The summed E-state index contributed by atoms with van der Waals surface area (Å²) in [5, 5.41) is 0. The van der Waals surface area contributed by atoms with Gasteiger partial charge in [-0.2, -0.15) is 0 Å². The second kappa shape index (κ2) is 2.69. The molecule has 2 rings (SSSR count). The molecule has 0 aromatic heterocycles. The largest absolute Gasteiger partial charge is 0.303 e. The lowest BCUT2D eigenvalue weighted by atomic mass is 9.92. The Labute approximate surface area is 78.8 Å².